The molecule has 2 fully saturated rings. The largest absolute Gasteiger partial charge is 0.378 e. The quantitative estimate of drug-likeness (QED) is 0.607. The molecule has 1 nitrogen and oxygen atoms in total. The zero-order chi connectivity index (χ0) is 7.68. The first kappa shape index (κ1) is 7.60. The van der Waals surface area contributed by atoms with Crippen molar-refractivity contribution in [3.05, 3.63) is 0 Å². The van der Waals surface area contributed by atoms with E-state index in [1.165, 1.54) is 32.1 Å². The molecule has 0 N–H and O–H groups in total. The molecular weight excluding hydrogens is 136 g/mol. The van der Waals surface area contributed by atoms with Gasteiger partial charge in [0.25, 0.3) is 0 Å². The van der Waals surface area contributed by atoms with Gasteiger partial charge in [0.15, 0.2) is 0 Å². The molecule has 3 unspecified atom stereocenters. The SMILES string of the molecule is CCCC1CC1C1CCCO1. The highest BCUT2D eigenvalue weighted by Crippen LogP contribution is 2.47. The molecule has 2 rings (SSSR count). The van der Waals surface area contributed by atoms with Crippen LogP contribution in [0.4, 0.5) is 0 Å². The summed E-state index contributed by atoms with van der Waals surface area (Å²) in [7, 11) is 0. The molecule has 0 aromatic heterocycles. The Labute approximate surface area is 69.1 Å². The Morgan fingerprint density at radius 1 is 1.45 bits per heavy atom. The smallest absolute Gasteiger partial charge is 0.0606 e. The van der Waals surface area contributed by atoms with Gasteiger partial charge in [0.2, 0.25) is 0 Å². The third-order valence-electron chi connectivity index (χ3n) is 3.08. The lowest BCUT2D eigenvalue weighted by Gasteiger charge is -2.07. The van der Waals surface area contributed by atoms with Gasteiger partial charge in [-0.1, -0.05) is 19.8 Å². The van der Waals surface area contributed by atoms with Crippen molar-refractivity contribution in [2.45, 2.75) is 45.1 Å². The van der Waals surface area contributed by atoms with Crippen LogP contribution in [0.5, 0.6) is 0 Å². The molecule has 0 spiro atoms. The van der Waals surface area contributed by atoms with Gasteiger partial charge in [-0.15, -0.1) is 0 Å². The first-order valence-corrected chi connectivity index (χ1v) is 5.03. The molecule has 3 atom stereocenters. The molecule has 1 aliphatic carbocycles. The molecule has 1 aliphatic heterocycles. The Hall–Kier alpha value is -0.0400. The summed E-state index contributed by atoms with van der Waals surface area (Å²) in [5.41, 5.74) is 0. The topological polar surface area (TPSA) is 9.23 Å². The zero-order valence-corrected chi connectivity index (χ0v) is 7.38. The predicted molar refractivity (Wildman–Crippen MR) is 45.5 cm³/mol. The highest BCUT2D eigenvalue weighted by atomic mass is 16.5. The summed E-state index contributed by atoms with van der Waals surface area (Å²) in [5.74, 6) is 1.99. The van der Waals surface area contributed by atoms with Gasteiger partial charge in [-0.2, -0.15) is 0 Å². The molecule has 0 radical (unpaired) electrons. The fraction of sp³-hybridized carbons (Fsp3) is 1.00. The van der Waals surface area contributed by atoms with Gasteiger partial charge >= 0.3 is 0 Å². The average molecular weight is 154 g/mol. The lowest BCUT2D eigenvalue weighted by molar-refractivity contribution is 0.0892. The van der Waals surface area contributed by atoms with Gasteiger partial charge in [-0.05, 0) is 31.1 Å². The highest BCUT2D eigenvalue weighted by molar-refractivity contribution is 4.92. The van der Waals surface area contributed by atoms with Gasteiger partial charge in [-0.3, -0.25) is 0 Å². The fourth-order valence-electron chi connectivity index (χ4n) is 2.37. The van der Waals surface area contributed by atoms with Crippen molar-refractivity contribution in [1.82, 2.24) is 0 Å². The van der Waals surface area contributed by atoms with Crippen LogP contribution in [0.15, 0.2) is 0 Å². The summed E-state index contributed by atoms with van der Waals surface area (Å²) < 4.78 is 5.65. The van der Waals surface area contributed by atoms with E-state index < -0.39 is 0 Å². The normalized spacial score (nSPS) is 42.8. The number of hydrogen-bond acceptors (Lipinski definition) is 1. The van der Waals surface area contributed by atoms with Crippen molar-refractivity contribution in [3.63, 3.8) is 0 Å². The Morgan fingerprint density at radius 2 is 2.36 bits per heavy atom. The summed E-state index contributed by atoms with van der Waals surface area (Å²) in [6, 6.07) is 0. The first-order valence-electron chi connectivity index (χ1n) is 5.03. The van der Waals surface area contributed by atoms with Crippen LogP contribution in [0.3, 0.4) is 0 Å². The van der Waals surface area contributed by atoms with E-state index in [0.29, 0.717) is 6.10 Å². The Balaban J connectivity index is 1.72. The monoisotopic (exact) mass is 154 g/mol. The van der Waals surface area contributed by atoms with Crippen LogP contribution in [0.1, 0.15) is 39.0 Å². The second kappa shape index (κ2) is 3.14. The Bertz CT molecular complexity index is 127. The van der Waals surface area contributed by atoms with Crippen LogP contribution in [0, 0.1) is 11.8 Å². The van der Waals surface area contributed by atoms with Gasteiger partial charge in [0.1, 0.15) is 0 Å². The third-order valence-corrected chi connectivity index (χ3v) is 3.08. The maximum absolute atomic E-state index is 5.65. The molecule has 0 amide bonds. The van der Waals surface area contributed by atoms with E-state index in [-0.39, 0.29) is 0 Å². The van der Waals surface area contributed by atoms with Crippen molar-refractivity contribution in [3.8, 4) is 0 Å². The van der Waals surface area contributed by atoms with Crippen molar-refractivity contribution in [2.75, 3.05) is 6.61 Å². The van der Waals surface area contributed by atoms with Crippen LogP contribution in [0.25, 0.3) is 0 Å². The number of rotatable bonds is 3. The van der Waals surface area contributed by atoms with E-state index in [4.69, 9.17) is 4.74 Å². The second-order valence-corrected chi connectivity index (χ2v) is 4.00. The predicted octanol–water partition coefficient (Wildman–Crippen LogP) is 2.60. The molecule has 64 valence electrons. The van der Waals surface area contributed by atoms with E-state index in [9.17, 15) is 0 Å². The van der Waals surface area contributed by atoms with Crippen LogP contribution in [-0.2, 0) is 4.74 Å². The summed E-state index contributed by atoms with van der Waals surface area (Å²) in [4.78, 5) is 0. The maximum atomic E-state index is 5.65. The maximum Gasteiger partial charge on any atom is 0.0606 e. The van der Waals surface area contributed by atoms with E-state index >= 15 is 0 Å². The van der Waals surface area contributed by atoms with E-state index in [1.54, 1.807) is 0 Å². The Kier molecular flexibility index (Phi) is 2.17. The second-order valence-electron chi connectivity index (χ2n) is 4.00. The number of hydrogen-bond donors (Lipinski definition) is 0. The summed E-state index contributed by atoms with van der Waals surface area (Å²) >= 11 is 0. The first-order chi connectivity index (χ1) is 5.42. The molecular formula is C10H18O. The van der Waals surface area contributed by atoms with Gasteiger partial charge in [-0.25, -0.2) is 0 Å². The third kappa shape index (κ3) is 1.58. The Morgan fingerprint density at radius 3 is 3.00 bits per heavy atom. The molecule has 11 heavy (non-hydrogen) atoms. The van der Waals surface area contributed by atoms with Crippen molar-refractivity contribution < 1.29 is 4.74 Å². The van der Waals surface area contributed by atoms with Crippen molar-refractivity contribution in [2.24, 2.45) is 11.8 Å². The molecule has 0 aromatic rings. The summed E-state index contributed by atoms with van der Waals surface area (Å²) in [6.07, 6.45) is 7.55. The van der Waals surface area contributed by atoms with Crippen LogP contribution < -0.4 is 0 Å². The van der Waals surface area contributed by atoms with Gasteiger partial charge in [0, 0.05) is 6.61 Å². The van der Waals surface area contributed by atoms with Crippen molar-refractivity contribution in [1.29, 1.82) is 0 Å². The molecule has 1 heterocycles. The lowest BCUT2D eigenvalue weighted by atomic mass is 10.1. The number of ether oxygens (including phenoxy) is 1. The van der Waals surface area contributed by atoms with Crippen LogP contribution >= 0.6 is 0 Å². The minimum absolute atomic E-state index is 0.659. The minimum atomic E-state index is 0.659. The highest BCUT2D eigenvalue weighted by Gasteiger charge is 2.43. The van der Waals surface area contributed by atoms with Gasteiger partial charge in [0.05, 0.1) is 6.10 Å². The molecule has 0 bridgehead atoms. The molecule has 0 aromatic carbocycles. The summed E-state index contributed by atoms with van der Waals surface area (Å²) in [6.45, 7) is 3.31. The molecule has 1 saturated carbocycles. The van der Waals surface area contributed by atoms with E-state index in [0.717, 1.165) is 18.4 Å². The standard InChI is InChI=1S/C10H18O/c1-2-4-8-7-9(8)10-5-3-6-11-10/h8-10H,2-7H2,1H3. The molecule has 2 aliphatic rings. The summed E-state index contributed by atoms with van der Waals surface area (Å²) in [5, 5.41) is 0. The average Bonchev–Trinajstić information content (AvgIpc) is 2.61. The molecule has 1 heteroatoms. The minimum Gasteiger partial charge on any atom is -0.378 e. The molecule has 1 saturated heterocycles. The van der Waals surface area contributed by atoms with E-state index in [2.05, 4.69) is 6.92 Å². The van der Waals surface area contributed by atoms with Crippen molar-refractivity contribution >= 4 is 0 Å². The van der Waals surface area contributed by atoms with Crippen LogP contribution in [0.2, 0.25) is 0 Å². The van der Waals surface area contributed by atoms with Crippen LogP contribution in [-0.4, -0.2) is 12.7 Å². The lowest BCUT2D eigenvalue weighted by Crippen LogP contribution is -2.08. The zero-order valence-electron chi connectivity index (χ0n) is 7.38. The fourth-order valence-corrected chi connectivity index (χ4v) is 2.37. The van der Waals surface area contributed by atoms with Gasteiger partial charge < -0.3 is 4.74 Å². The van der Waals surface area contributed by atoms with E-state index in [1.807, 2.05) is 0 Å².